The van der Waals surface area contributed by atoms with Gasteiger partial charge in [0.2, 0.25) is 0 Å². The number of nitrogens with zero attached hydrogens (tertiary/aromatic N) is 2. The second-order valence-electron chi connectivity index (χ2n) is 3.42. The van der Waals surface area contributed by atoms with E-state index >= 15 is 0 Å². The molecule has 1 aromatic carbocycles. The van der Waals surface area contributed by atoms with Crippen molar-refractivity contribution in [3.05, 3.63) is 30.1 Å². The zero-order valence-corrected chi connectivity index (χ0v) is 8.32. The molecule has 0 unspecified atom stereocenters. The average Bonchev–Trinajstić information content (AvgIpc) is 2.60. The molecule has 2 rings (SSSR count). The van der Waals surface area contributed by atoms with Crippen molar-refractivity contribution in [2.24, 2.45) is 0 Å². The van der Waals surface area contributed by atoms with Gasteiger partial charge in [-0.15, -0.1) is 0 Å². The minimum absolute atomic E-state index is 0.229. The van der Waals surface area contributed by atoms with E-state index in [-0.39, 0.29) is 11.0 Å². The number of hydrogen-bond acceptors (Lipinski definition) is 2. The first-order valence-corrected chi connectivity index (χ1v) is 4.55. The molecule has 0 saturated carbocycles. The van der Waals surface area contributed by atoms with Gasteiger partial charge in [0.25, 0.3) is 0 Å². The molecular formula is C10H8F2N2O2. The second-order valence-corrected chi connectivity index (χ2v) is 3.42. The van der Waals surface area contributed by atoms with Gasteiger partial charge >= 0.3 is 5.97 Å². The Bertz CT molecular complexity index is 565. The molecule has 1 N–H and O–H groups in total. The number of carboxylic acid groups (broad SMARTS) is 1. The summed E-state index contributed by atoms with van der Waals surface area (Å²) in [5.41, 5.74) is 0.487. The fourth-order valence-electron chi connectivity index (χ4n) is 1.45. The molecule has 6 heteroatoms. The van der Waals surface area contributed by atoms with Crippen molar-refractivity contribution in [1.82, 2.24) is 9.55 Å². The summed E-state index contributed by atoms with van der Waals surface area (Å²) in [7, 11) is 0. The maximum absolute atomic E-state index is 13.0. The lowest BCUT2D eigenvalue weighted by atomic mass is 10.2. The number of halogens is 2. The molecular weight excluding hydrogens is 218 g/mol. The van der Waals surface area contributed by atoms with Crippen molar-refractivity contribution >= 4 is 17.0 Å². The van der Waals surface area contributed by atoms with Gasteiger partial charge in [0, 0.05) is 12.1 Å². The van der Waals surface area contributed by atoms with Crippen LogP contribution < -0.4 is 0 Å². The molecule has 0 saturated heterocycles. The van der Waals surface area contributed by atoms with Gasteiger partial charge in [0.15, 0.2) is 11.6 Å². The minimum atomic E-state index is -1.07. The van der Waals surface area contributed by atoms with Gasteiger partial charge in [0.05, 0.1) is 17.4 Å². The van der Waals surface area contributed by atoms with Crippen LogP contribution in [0.5, 0.6) is 0 Å². The molecule has 16 heavy (non-hydrogen) atoms. The van der Waals surface area contributed by atoms with Crippen LogP contribution in [0.2, 0.25) is 0 Å². The fraction of sp³-hybridized carbons (Fsp3) is 0.200. The number of aliphatic carboxylic acids is 1. The highest BCUT2D eigenvalue weighted by atomic mass is 19.2. The van der Waals surface area contributed by atoms with Gasteiger partial charge in [-0.05, 0) is 6.92 Å². The normalized spacial score (nSPS) is 12.9. The van der Waals surface area contributed by atoms with Crippen molar-refractivity contribution in [2.75, 3.05) is 0 Å². The Morgan fingerprint density at radius 1 is 1.44 bits per heavy atom. The lowest BCUT2D eigenvalue weighted by molar-refractivity contribution is -0.140. The van der Waals surface area contributed by atoms with Crippen LogP contribution in [0.25, 0.3) is 11.0 Å². The molecule has 0 amide bonds. The number of carboxylic acids is 1. The Kier molecular flexibility index (Phi) is 2.34. The van der Waals surface area contributed by atoms with Gasteiger partial charge in [-0.3, -0.25) is 0 Å². The van der Waals surface area contributed by atoms with Gasteiger partial charge in [-0.25, -0.2) is 18.6 Å². The number of benzene rings is 1. The molecule has 0 aliphatic rings. The summed E-state index contributed by atoms with van der Waals surface area (Å²) in [4.78, 5) is 14.6. The Morgan fingerprint density at radius 3 is 2.69 bits per heavy atom. The molecule has 0 bridgehead atoms. The van der Waals surface area contributed by atoms with Crippen molar-refractivity contribution in [3.63, 3.8) is 0 Å². The molecule has 84 valence electrons. The average molecular weight is 226 g/mol. The van der Waals surface area contributed by atoms with Crippen LogP contribution in [0.3, 0.4) is 0 Å². The first-order valence-electron chi connectivity index (χ1n) is 4.55. The van der Waals surface area contributed by atoms with E-state index in [1.807, 2.05) is 0 Å². The third kappa shape index (κ3) is 1.52. The Labute approximate surface area is 89.1 Å². The van der Waals surface area contributed by atoms with Gasteiger partial charge < -0.3 is 9.67 Å². The van der Waals surface area contributed by atoms with E-state index in [2.05, 4.69) is 4.98 Å². The number of imidazole rings is 1. The molecule has 1 aromatic heterocycles. The molecule has 0 aliphatic carbocycles. The topological polar surface area (TPSA) is 55.1 Å². The molecule has 1 heterocycles. The highest BCUT2D eigenvalue weighted by Gasteiger charge is 2.17. The first kappa shape index (κ1) is 10.5. The summed E-state index contributed by atoms with van der Waals surface area (Å²) < 4.78 is 27.2. The highest BCUT2D eigenvalue weighted by Crippen LogP contribution is 2.20. The summed E-state index contributed by atoms with van der Waals surface area (Å²) in [6.45, 7) is 1.44. The van der Waals surface area contributed by atoms with Crippen LogP contribution in [0.15, 0.2) is 18.5 Å². The second kappa shape index (κ2) is 3.55. The SMILES string of the molecule is C[C@H](C(=O)O)n1cnc2cc(F)c(F)cc21. The van der Waals surface area contributed by atoms with E-state index in [1.54, 1.807) is 0 Å². The summed E-state index contributed by atoms with van der Waals surface area (Å²) in [6.07, 6.45) is 1.25. The zero-order valence-electron chi connectivity index (χ0n) is 8.32. The quantitative estimate of drug-likeness (QED) is 0.851. The summed E-state index contributed by atoms with van der Waals surface area (Å²) in [5.74, 6) is -3.09. The predicted molar refractivity (Wildman–Crippen MR) is 52.0 cm³/mol. The third-order valence-corrected chi connectivity index (χ3v) is 2.39. The monoisotopic (exact) mass is 226 g/mol. The third-order valence-electron chi connectivity index (χ3n) is 2.39. The lowest BCUT2D eigenvalue weighted by Crippen LogP contribution is -2.14. The summed E-state index contributed by atoms with van der Waals surface area (Å²) >= 11 is 0. The van der Waals surface area contributed by atoms with Crippen LogP contribution in [0, 0.1) is 11.6 Å². The Balaban J connectivity index is 2.65. The molecule has 0 radical (unpaired) electrons. The number of carbonyl (C=O) groups is 1. The smallest absolute Gasteiger partial charge is 0.326 e. The molecule has 4 nitrogen and oxygen atoms in total. The maximum Gasteiger partial charge on any atom is 0.326 e. The molecule has 1 atom stereocenters. The van der Waals surface area contributed by atoms with Crippen molar-refractivity contribution in [2.45, 2.75) is 13.0 Å². The Hall–Kier alpha value is -1.98. The van der Waals surface area contributed by atoms with Crippen molar-refractivity contribution in [1.29, 1.82) is 0 Å². The Morgan fingerprint density at radius 2 is 2.06 bits per heavy atom. The van der Waals surface area contributed by atoms with E-state index in [4.69, 9.17) is 5.11 Å². The zero-order chi connectivity index (χ0) is 11.9. The predicted octanol–water partition coefficient (Wildman–Crippen LogP) is 1.96. The number of fused-ring (bicyclic) bond motifs is 1. The number of rotatable bonds is 2. The fourth-order valence-corrected chi connectivity index (χ4v) is 1.45. The maximum atomic E-state index is 13.0. The molecule has 0 aliphatic heterocycles. The molecule has 0 fully saturated rings. The van der Waals surface area contributed by atoms with E-state index in [1.165, 1.54) is 17.8 Å². The van der Waals surface area contributed by atoms with E-state index < -0.39 is 23.6 Å². The number of hydrogen-bond donors (Lipinski definition) is 1. The lowest BCUT2D eigenvalue weighted by Gasteiger charge is -2.08. The van der Waals surface area contributed by atoms with E-state index in [9.17, 15) is 13.6 Å². The van der Waals surface area contributed by atoms with Crippen LogP contribution >= 0.6 is 0 Å². The largest absolute Gasteiger partial charge is 0.480 e. The van der Waals surface area contributed by atoms with Gasteiger partial charge in [0.1, 0.15) is 6.04 Å². The number of aromatic nitrogens is 2. The standard InChI is InChI=1S/C10H8F2N2O2/c1-5(10(15)16)14-4-13-8-2-6(11)7(12)3-9(8)14/h2-5H,1H3,(H,15,16)/t5-/m1/s1. The van der Waals surface area contributed by atoms with Crippen LogP contribution in [-0.2, 0) is 4.79 Å². The van der Waals surface area contributed by atoms with E-state index in [0.717, 1.165) is 12.1 Å². The van der Waals surface area contributed by atoms with Crippen LogP contribution in [0.1, 0.15) is 13.0 Å². The molecule has 2 aromatic rings. The van der Waals surface area contributed by atoms with Gasteiger partial charge in [-0.1, -0.05) is 0 Å². The van der Waals surface area contributed by atoms with Gasteiger partial charge in [-0.2, -0.15) is 0 Å². The van der Waals surface area contributed by atoms with Crippen LogP contribution in [0.4, 0.5) is 8.78 Å². The first-order chi connectivity index (χ1) is 7.50. The summed E-state index contributed by atoms with van der Waals surface area (Å²) in [5, 5.41) is 8.82. The minimum Gasteiger partial charge on any atom is -0.480 e. The summed E-state index contributed by atoms with van der Waals surface area (Å²) in [6, 6.07) is 1.00. The van der Waals surface area contributed by atoms with Crippen molar-refractivity contribution in [3.8, 4) is 0 Å². The highest BCUT2D eigenvalue weighted by molar-refractivity contribution is 5.79. The van der Waals surface area contributed by atoms with Crippen LogP contribution in [-0.4, -0.2) is 20.6 Å². The van der Waals surface area contributed by atoms with Crippen molar-refractivity contribution < 1.29 is 18.7 Å². The van der Waals surface area contributed by atoms with E-state index in [0.29, 0.717) is 0 Å². The molecule has 0 spiro atoms.